The Morgan fingerprint density at radius 3 is 2.05 bits per heavy atom. The van der Waals surface area contributed by atoms with Crippen LogP contribution in [0, 0.1) is 0 Å². The van der Waals surface area contributed by atoms with E-state index in [9.17, 15) is 8.42 Å². The Labute approximate surface area is 138 Å². The molecule has 5 nitrogen and oxygen atoms in total. The summed E-state index contributed by atoms with van der Waals surface area (Å²) < 4.78 is 37.4. The van der Waals surface area contributed by atoms with Crippen molar-refractivity contribution in [1.82, 2.24) is 0 Å². The molecule has 2 aromatic rings. The lowest BCUT2D eigenvalue weighted by Gasteiger charge is -2.12. The molecule has 0 aliphatic heterocycles. The van der Waals surface area contributed by atoms with Crippen LogP contribution in [0.25, 0.3) is 0 Å². The van der Waals surface area contributed by atoms with Crippen LogP contribution in [-0.4, -0.2) is 22.6 Å². The van der Waals surface area contributed by atoms with Gasteiger partial charge in [0.2, 0.25) is 0 Å². The van der Waals surface area contributed by atoms with Gasteiger partial charge in [0.05, 0.1) is 24.8 Å². The van der Waals surface area contributed by atoms with Crippen molar-refractivity contribution in [3.8, 4) is 11.5 Å². The van der Waals surface area contributed by atoms with Gasteiger partial charge in [0.15, 0.2) is 11.5 Å². The fraction of sp³-hybridized carbons (Fsp3) is 0.143. The second kappa shape index (κ2) is 6.64. The van der Waals surface area contributed by atoms with Crippen molar-refractivity contribution >= 4 is 38.9 Å². The monoisotopic (exact) mass is 361 g/mol. The topological polar surface area (TPSA) is 64.6 Å². The summed E-state index contributed by atoms with van der Waals surface area (Å²) in [5.74, 6) is 0.752. The van der Waals surface area contributed by atoms with Crippen LogP contribution in [0.3, 0.4) is 0 Å². The Hall–Kier alpha value is -1.63. The second-order valence-electron chi connectivity index (χ2n) is 4.28. The summed E-state index contributed by atoms with van der Waals surface area (Å²) in [6.45, 7) is 0. The van der Waals surface area contributed by atoms with Crippen LogP contribution in [0.1, 0.15) is 0 Å². The molecule has 0 saturated heterocycles. The summed E-state index contributed by atoms with van der Waals surface area (Å²) in [6.07, 6.45) is 0. The number of ether oxygens (including phenoxy) is 2. The van der Waals surface area contributed by atoms with E-state index < -0.39 is 10.0 Å². The molecule has 0 aromatic heterocycles. The van der Waals surface area contributed by atoms with E-state index >= 15 is 0 Å². The lowest BCUT2D eigenvalue weighted by atomic mass is 10.3. The third-order valence-corrected chi connectivity index (χ3v) is 4.60. The van der Waals surface area contributed by atoms with Crippen LogP contribution in [0.2, 0.25) is 10.0 Å². The Morgan fingerprint density at radius 2 is 1.50 bits per heavy atom. The molecular weight excluding hydrogens is 349 g/mol. The number of sulfonamides is 1. The van der Waals surface area contributed by atoms with E-state index in [1.165, 1.54) is 50.6 Å². The Balaban J connectivity index is 2.38. The zero-order valence-electron chi connectivity index (χ0n) is 11.8. The summed E-state index contributed by atoms with van der Waals surface area (Å²) in [6, 6.07) is 8.73. The maximum absolute atomic E-state index is 12.4. The van der Waals surface area contributed by atoms with Crippen molar-refractivity contribution in [3.63, 3.8) is 0 Å². The smallest absolute Gasteiger partial charge is 0.262 e. The molecule has 0 saturated carbocycles. The molecule has 2 aromatic carbocycles. The number of hydrogen-bond acceptors (Lipinski definition) is 4. The van der Waals surface area contributed by atoms with Gasteiger partial charge in [-0.3, -0.25) is 4.72 Å². The molecule has 0 heterocycles. The first-order valence-electron chi connectivity index (χ1n) is 6.06. The number of hydrogen-bond donors (Lipinski definition) is 1. The van der Waals surface area contributed by atoms with Gasteiger partial charge < -0.3 is 9.47 Å². The lowest BCUT2D eigenvalue weighted by Crippen LogP contribution is -2.13. The fourth-order valence-corrected chi connectivity index (χ4v) is 3.39. The maximum atomic E-state index is 12.4. The number of rotatable bonds is 5. The highest BCUT2D eigenvalue weighted by Crippen LogP contribution is 2.31. The van der Waals surface area contributed by atoms with Crippen molar-refractivity contribution in [2.45, 2.75) is 4.90 Å². The van der Waals surface area contributed by atoms with E-state index in [-0.39, 0.29) is 10.6 Å². The SMILES string of the molecule is COc1ccc(S(=O)(=O)Nc2cc(Cl)cc(Cl)c2)cc1OC. The van der Waals surface area contributed by atoms with Gasteiger partial charge in [0.1, 0.15) is 0 Å². The highest BCUT2D eigenvalue weighted by Gasteiger charge is 2.17. The first-order valence-corrected chi connectivity index (χ1v) is 8.30. The second-order valence-corrected chi connectivity index (χ2v) is 6.84. The first kappa shape index (κ1) is 16.7. The van der Waals surface area contributed by atoms with E-state index in [4.69, 9.17) is 32.7 Å². The molecule has 2 rings (SSSR count). The number of nitrogens with one attached hydrogen (secondary N) is 1. The molecule has 0 unspecified atom stereocenters. The Morgan fingerprint density at radius 1 is 0.909 bits per heavy atom. The van der Waals surface area contributed by atoms with Gasteiger partial charge in [-0.25, -0.2) is 8.42 Å². The van der Waals surface area contributed by atoms with E-state index in [1.54, 1.807) is 0 Å². The van der Waals surface area contributed by atoms with Gasteiger partial charge in [0.25, 0.3) is 10.0 Å². The minimum atomic E-state index is -3.81. The first-order chi connectivity index (χ1) is 10.4. The average molecular weight is 362 g/mol. The molecule has 0 aliphatic carbocycles. The number of halogens is 2. The van der Waals surface area contributed by atoms with Gasteiger partial charge in [0, 0.05) is 16.1 Å². The van der Waals surface area contributed by atoms with Crippen LogP contribution in [0.5, 0.6) is 11.5 Å². The summed E-state index contributed by atoms with van der Waals surface area (Å²) in [5.41, 5.74) is 0.271. The van der Waals surface area contributed by atoms with Crippen molar-refractivity contribution < 1.29 is 17.9 Å². The van der Waals surface area contributed by atoms with Crippen LogP contribution in [0.15, 0.2) is 41.3 Å². The number of benzene rings is 2. The third-order valence-electron chi connectivity index (χ3n) is 2.78. The standard InChI is InChI=1S/C14H13Cl2NO4S/c1-20-13-4-3-12(8-14(13)21-2)22(18,19)17-11-6-9(15)5-10(16)7-11/h3-8,17H,1-2H3. The molecule has 0 fully saturated rings. The molecule has 0 aliphatic rings. The molecular formula is C14H13Cl2NO4S. The molecule has 8 heteroatoms. The largest absolute Gasteiger partial charge is 0.493 e. The van der Waals surface area contributed by atoms with Gasteiger partial charge >= 0.3 is 0 Å². The van der Waals surface area contributed by atoms with Gasteiger partial charge in [-0.2, -0.15) is 0 Å². The normalized spacial score (nSPS) is 11.1. The van der Waals surface area contributed by atoms with Crippen molar-refractivity contribution in [1.29, 1.82) is 0 Å². The number of anilines is 1. The fourth-order valence-electron chi connectivity index (χ4n) is 1.81. The Bertz CT molecular complexity index is 773. The third kappa shape index (κ3) is 3.76. The summed E-state index contributed by atoms with van der Waals surface area (Å²) in [4.78, 5) is 0.0289. The molecule has 0 spiro atoms. The molecule has 0 bridgehead atoms. The molecule has 118 valence electrons. The van der Waals surface area contributed by atoms with Gasteiger partial charge in [-0.1, -0.05) is 23.2 Å². The summed E-state index contributed by atoms with van der Waals surface area (Å²) >= 11 is 11.7. The predicted molar refractivity (Wildman–Crippen MR) is 86.8 cm³/mol. The number of methoxy groups -OCH3 is 2. The Kier molecular flexibility index (Phi) is 5.05. The molecule has 22 heavy (non-hydrogen) atoms. The zero-order chi connectivity index (χ0) is 16.3. The lowest BCUT2D eigenvalue weighted by molar-refractivity contribution is 0.354. The van der Waals surface area contributed by atoms with Crippen LogP contribution in [0.4, 0.5) is 5.69 Å². The van der Waals surface area contributed by atoms with Gasteiger partial charge in [-0.15, -0.1) is 0 Å². The van der Waals surface area contributed by atoms with Crippen LogP contribution >= 0.6 is 23.2 Å². The molecule has 1 N–H and O–H groups in total. The average Bonchev–Trinajstić information content (AvgIpc) is 2.44. The van der Waals surface area contributed by atoms with Crippen LogP contribution < -0.4 is 14.2 Å². The highest BCUT2D eigenvalue weighted by molar-refractivity contribution is 7.92. The van der Waals surface area contributed by atoms with E-state index in [1.807, 2.05) is 0 Å². The quantitative estimate of drug-likeness (QED) is 0.879. The predicted octanol–water partition coefficient (Wildman–Crippen LogP) is 3.81. The molecule has 0 amide bonds. The summed E-state index contributed by atoms with van der Waals surface area (Å²) in [5, 5.41) is 0.662. The minimum Gasteiger partial charge on any atom is -0.493 e. The molecule has 0 atom stereocenters. The van der Waals surface area contributed by atoms with E-state index in [2.05, 4.69) is 4.72 Å². The van der Waals surface area contributed by atoms with E-state index in [0.717, 1.165) is 0 Å². The maximum Gasteiger partial charge on any atom is 0.262 e. The minimum absolute atomic E-state index is 0.0289. The van der Waals surface area contributed by atoms with Crippen LogP contribution in [-0.2, 0) is 10.0 Å². The molecule has 0 radical (unpaired) electrons. The van der Waals surface area contributed by atoms with Crippen molar-refractivity contribution in [3.05, 3.63) is 46.4 Å². The van der Waals surface area contributed by atoms with Crippen molar-refractivity contribution in [2.75, 3.05) is 18.9 Å². The zero-order valence-corrected chi connectivity index (χ0v) is 14.1. The van der Waals surface area contributed by atoms with E-state index in [0.29, 0.717) is 21.5 Å². The van der Waals surface area contributed by atoms with Crippen molar-refractivity contribution in [2.24, 2.45) is 0 Å². The summed E-state index contributed by atoms with van der Waals surface area (Å²) in [7, 11) is -0.908. The highest BCUT2D eigenvalue weighted by atomic mass is 35.5. The van der Waals surface area contributed by atoms with Gasteiger partial charge in [-0.05, 0) is 30.3 Å².